The molecule has 6 nitrogen and oxygen atoms in total. The molecule has 140 valence electrons. The minimum Gasteiger partial charge on any atom is -0.276 e. The van der Waals surface area contributed by atoms with E-state index in [1.165, 1.54) is 0 Å². The maximum Gasteiger partial charge on any atom is 0.262 e. The highest BCUT2D eigenvalue weighted by molar-refractivity contribution is 7.98. The number of thioether (sulfide) groups is 1. The van der Waals surface area contributed by atoms with E-state index < -0.39 is 0 Å². The summed E-state index contributed by atoms with van der Waals surface area (Å²) in [5, 5.41) is 19.2. The van der Waals surface area contributed by atoms with Crippen LogP contribution in [0.15, 0.2) is 58.5 Å². The monoisotopic (exact) mass is 389 g/mol. The Hall–Kier alpha value is -3.11. The number of para-hydroxylation sites is 1. The number of hydrogen-bond donors (Lipinski definition) is 0. The van der Waals surface area contributed by atoms with Crippen molar-refractivity contribution in [1.29, 1.82) is 5.26 Å². The molecule has 28 heavy (non-hydrogen) atoms. The second-order valence-corrected chi connectivity index (χ2v) is 7.49. The Bertz CT molecular complexity index is 1250. The fraction of sp³-hybridized carbons (Fsp3) is 0.238. The third-order valence-corrected chi connectivity index (χ3v) is 5.64. The van der Waals surface area contributed by atoms with Crippen LogP contribution in [0.25, 0.3) is 16.7 Å². The van der Waals surface area contributed by atoms with Crippen LogP contribution in [-0.2, 0) is 12.3 Å². The minimum absolute atomic E-state index is 0.0257. The summed E-state index contributed by atoms with van der Waals surface area (Å²) in [5.74, 6) is 1.24. The predicted octanol–water partition coefficient (Wildman–Crippen LogP) is 4.01. The summed E-state index contributed by atoms with van der Waals surface area (Å²) in [6.45, 7) is 2.72. The average molecular weight is 389 g/mol. The van der Waals surface area contributed by atoms with Crippen LogP contribution >= 0.6 is 11.8 Å². The van der Waals surface area contributed by atoms with Crippen LogP contribution in [0.4, 0.5) is 0 Å². The van der Waals surface area contributed by atoms with Crippen LogP contribution < -0.4 is 5.56 Å². The van der Waals surface area contributed by atoms with Crippen LogP contribution in [0.1, 0.15) is 30.9 Å². The molecule has 4 aromatic rings. The van der Waals surface area contributed by atoms with Crippen molar-refractivity contribution < 1.29 is 0 Å². The Balaban J connectivity index is 1.80. The van der Waals surface area contributed by atoms with Gasteiger partial charge >= 0.3 is 0 Å². The Labute approximate surface area is 166 Å². The molecular weight excluding hydrogens is 370 g/mol. The van der Waals surface area contributed by atoms with Gasteiger partial charge in [-0.3, -0.25) is 13.8 Å². The molecule has 4 rings (SSSR count). The SMILES string of the molecule is CCCCn1c(=O)c2ccccc2n2c(SCc3cccc(C#N)c3)nnc12. The molecule has 0 N–H and O–H groups in total. The van der Waals surface area contributed by atoms with Gasteiger partial charge in [-0.05, 0) is 36.2 Å². The van der Waals surface area contributed by atoms with Gasteiger partial charge in [0.15, 0.2) is 5.16 Å². The molecule has 7 heteroatoms. The number of hydrogen-bond acceptors (Lipinski definition) is 5. The van der Waals surface area contributed by atoms with Gasteiger partial charge in [0.25, 0.3) is 5.56 Å². The number of unbranched alkanes of at least 4 members (excludes halogenated alkanes) is 1. The first-order chi connectivity index (χ1) is 13.7. The van der Waals surface area contributed by atoms with Crippen LogP contribution in [0.3, 0.4) is 0 Å². The molecule has 2 aromatic carbocycles. The summed E-state index contributed by atoms with van der Waals surface area (Å²) in [4.78, 5) is 13.0. The summed E-state index contributed by atoms with van der Waals surface area (Å²) < 4.78 is 3.68. The maximum atomic E-state index is 13.0. The Kier molecular flexibility index (Phi) is 5.13. The number of rotatable bonds is 6. The van der Waals surface area contributed by atoms with Gasteiger partial charge in [-0.25, -0.2) is 0 Å². The molecule has 0 aliphatic heterocycles. The van der Waals surface area contributed by atoms with Gasteiger partial charge in [0.05, 0.1) is 22.5 Å². The van der Waals surface area contributed by atoms with Crippen LogP contribution in [0, 0.1) is 11.3 Å². The highest BCUT2D eigenvalue weighted by Gasteiger charge is 2.16. The van der Waals surface area contributed by atoms with Crippen molar-refractivity contribution in [1.82, 2.24) is 19.2 Å². The zero-order chi connectivity index (χ0) is 19.5. The van der Waals surface area contributed by atoms with Gasteiger partial charge in [0.1, 0.15) is 0 Å². The van der Waals surface area contributed by atoms with Gasteiger partial charge in [-0.1, -0.05) is 49.4 Å². The number of aromatic nitrogens is 4. The van der Waals surface area contributed by atoms with E-state index >= 15 is 0 Å². The van der Waals surface area contributed by atoms with Crippen LogP contribution in [0.2, 0.25) is 0 Å². The second kappa shape index (κ2) is 7.87. The molecule has 0 amide bonds. The molecule has 0 saturated carbocycles. The van der Waals surface area contributed by atoms with E-state index in [0.717, 1.165) is 29.1 Å². The quantitative estimate of drug-likeness (QED) is 0.466. The average Bonchev–Trinajstić information content (AvgIpc) is 3.16. The second-order valence-electron chi connectivity index (χ2n) is 6.55. The number of nitriles is 1. The zero-order valence-electron chi connectivity index (χ0n) is 15.5. The van der Waals surface area contributed by atoms with Crippen molar-refractivity contribution >= 4 is 28.4 Å². The fourth-order valence-corrected chi connectivity index (χ4v) is 4.11. The normalized spacial score (nSPS) is 11.1. The molecule has 0 fully saturated rings. The van der Waals surface area contributed by atoms with E-state index in [-0.39, 0.29) is 5.56 Å². The van der Waals surface area contributed by atoms with Crippen molar-refractivity contribution in [2.24, 2.45) is 0 Å². The third-order valence-electron chi connectivity index (χ3n) is 4.64. The van der Waals surface area contributed by atoms with Crippen molar-refractivity contribution in [2.45, 2.75) is 37.2 Å². The van der Waals surface area contributed by atoms with E-state index in [1.807, 2.05) is 46.9 Å². The Morgan fingerprint density at radius 2 is 2.00 bits per heavy atom. The summed E-state index contributed by atoms with van der Waals surface area (Å²) >= 11 is 1.55. The first-order valence-corrected chi connectivity index (χ1v) is 10.2. The van der Waals surface area contributed by atoms with Crippen molar-refractivity contribution in [3.05, 3.63) is 70.0 Å². The number of nitrogens with zero attached hydrogens (tertiary/aromatic N) is 5. The van der Waals surface area contributed by atoms with E-state index in [9.17, 15) is 4.79 Å². The minimum atomic E-state index is -0.0257. The molecule has 2 aromatic heterocycles. The lowest BCUT2D eigenvalue weighted by Crippen LogP contribution is -2.23. The summed E-state index contributed by atoms with van der Waals surface area (Å²) in [6, 6.07) is 17.3. The molecule has 0 aliphatic rings. The first-order valence-electron chi connectivity index (χ1n) is 9.21. The molecule has 0 bridgehead atoms. The fourth-order valence-electron chi connectivity index (χ4n) is 3.22. The predicted molar refractivity (Wildman–Crippen MR) is 110 cm³/mol. The molecule has 0 aliphatic carbocycles. The molecule has 0 saturated heterocycles. The maximum absolute atomic E-state index is 13.0. The van der Waals surface area contributed by atoms with Crippen LogP contribution in [-0.4, -0.2) is 19.2 Å². The zero-order valence-corrected chi connectivity index (χ0v) is 16.3. The van der Waals surface area contributed by atoms with Gasteiger partial charge < -0.3 is 0 Å². The van der Waals surface area contributed by atoms with E-state index in [1.54, 1.807) is 22.4 Å². The first kappa shape index (κ1) is 18.3. The van der Waals surface area contributed by atoms with Gasteiger partial charge in [-0.15, -0.1) is 10.2 Å². The molecular formula is C21H19N5OS. The molecule has 0 unspecified atom stereocenters. The Morgan fingerprint density at radius 1 is 1.14 bits per heavy atom. The lowest BCUT2D eigenvalue weighted by atomic mass is 10.2. The Morgan fingerprint density at radius 3 is 2.82 bits per heavy atom. The van der Waals surface area contributed by atoms with E-state index in [4.69, 9.17) is 5.26 Å². The topological polar surface area (TPSA) is 76.0 Å². The van der Waals surface area contributed by atoms with Crippen molar-refractivity contribution in [3.8, 4) is 6.07 Å². The summed E-state index contributed by atoms with van der Waals surface area (Å²) in [5.41, 5.74) is 2.48. The van der Waals surface area contributed by atoms with E-state index in [2.05, 4.69) is 23.2 Å². The van der Waals surface area contributed by atoms with Crippen molar-refractivity contribution in [3.63, 3.8) is 0 Å². The van der Waals surface area contributed by atoms with Gasteiger partial charge in [-0.2, -0.15) is 5.26 Å². The number of benzene rings is 2. The van der Waals surface area contributed by atoms with Crippen molar-refractivity contribution in [2.75, 3.05) is 0 Å². The smallest absolute Gasteiger partial charge is 0.262 e. The summed E-state index contributed by atoms with van der Waals surface area (Å²) in [6.07, 6.45) is 1.90. The lowest BCUT2D eigenvalue weighted by molar-refractivity contribution is 0.620. The van der Waals surface area contributed by atoms with E-state index in [0.29, 0.717) is 29.0 Å². The van der Waals surface area contributed by atoms with Crippen LogP contribution in [0.5, 0.6) is 0 Å². The lowest BCUT2D eigenvalue weighted by Gasteiger charge is -2.10. The highest BCUT2D eigenvalue weighted by Crippen LogP contribution is 2.25. The number of aryl methyl sites for hydroxylation is 1. The largest absolute Gasteiger partial charge is 0.276 e. The highest BCUT2D eigenvalue weighted by atomic mass is 32.2. The van der Waals surface area contributed by atoms with Gasteiger partial charge in [0.2, 0.25) is 5.78 Å². The molecule has 0 atom stereocenters. The summed E-state index contributed by atoms with van der Waals surface area (Å²) in [7, 11) is 0. The standard InChI is InChI=1S/C21H19N5OS/c1-2-3-11-25-19(27)17-9-4-5-10-18(17)26-20(25)23-24-21(26)28-14-16-8-6-7-15(12-16)13-22/h4-10,12H,2-3,11,14H2,1H3. The number of fused-ring (bicyclic) bond motifs is 3. The molecule has 0 spiro atoms. The molecule has 2 heterocycles. The molecule has 0 radical (unpaired) electrons. The third kappa shape index (κ3) is 3.27. The van der Waals surface area contributed by atoms with Gasteiger partial charge in [0, 0.05) is 12.3 Å².